The molecule has 5 aromatic rings. The van der Waals surface area contributed by atoms with Crippen LogP contribution in [0, 0.1) is 0 Å². The number of nitrogens with one attached hydrogen (secondary N) is 1. The first-order valence-corrected chi connectivity index (χ1v) is 12.9. The van der Waals surface area contributed by atoms with Crippen molar-refractivity contribution in [3.63, 3.8) is 0 Å². The van der Waals surface area contributed by atoms with Gasteiger partial charge in [-0.3, -0.25) is 14.2 Å². The summed E-state index contributed by atoms with van der Waals surface area (Å²) in [6.45, 7) is 0.222. The summed E-state index contributed by atoms with van der Waals surface area (Å²) in [6.07, 6.45) is -1.73. The lowest BCUT2D eigenvalue weighted by Crippen LogP contribution is -2.21. The maximum Gasteiger partial charge on any atom is 0.417 e. The Labute approximate surface area is 233 Å². The number of aromatic nitrogens is 4. The van der Waals surface area contributed by atoms with E-state index in [1.54, 1.807) is 12.1 Å². The highest BCUT2D eigenvalue weighted by Gasteiger charge is 2.36. The zero-order valence-electron chi connectivity index (χ0n) is 20.4. The number of benzene rings is 1. The molecule has 9 nitrogen and oxygen atoms in total. The molecule has 0 fully saturated rings. The van der Waals surface area contributed by atoms with Gasteiger partial charge in [0.2, 0.25) is 5.88 Å². The molecule has 0 aliphatic rings. The van der Waals surface area contributed by atoms with Gasteiger partial charge in [0, 0.05) is 30.0 Å². The number of alkyl halides is 3. The maximum atomic E-state index is 13.7. The number of halogens is 4. The Hall–Kier alpha value is -4.36. The molecular formula is C26H19ClF3N5O4S. The van der Waals surface area contributed by atoms with Gasteiger partial charge in [0.05, 0.1) is 33.8 Å². The van der Waals surface area contributed by atoms with Gasteiger partial charge in [-0.1, -0.05) is 23.7 Å². The van der Waals surface area contributed by atoms with E-state index in [1.807, 2.05) is 0 Å². The quantitative estimate of drug-likeness (QED) is 0.239. The zero-order valence-corrected chi connectivity index (χ0v) is 21.9. The third-order valence-electron chi connectivity index (χ3n) is 5.90. The number of hydrogen-bond donors (Lipinski definition) is 2. The lowest BCUT2D eigenvalue weighted by atomic mass is 10.1. The minimum Gasteiger partial charge on any atom is -0.494 e. The van der Waals surface area contributed by atoms with E-state index in [4.69, 9.17) is 16.0 Å². The van der Waals surface area contributed by atoms with Gasteiger partial charge in [-0.2, -0.15) is 23.0 Å². The van der Waals surface area contributed by atoms with E-state index in [0.717, 1.165) is 26.3 Å². The fourth-order valence-electron chi connectivity index (χ4n) is 4.02. The summed E-state index contributed by atoms with van der Waals surface area (Å²) in [7, 11) is 0. The topological polar surface area (TPSA) is 115 Å². The zero-order chi connectivity index (χ0) is 28.4. The van der Waals surface area contributed by atoms with Crippen molar-refractivity contribution < 1.29 is 27.5 Å². The number of carbonyl (C=O) groups excluding carboxylic acids is 1. The molecular weight excluding hydrogens is 571 g/mol. The lowest BCUT2D eigenvalue weighted by molar-refractivity contribution is -0.137. The molecule has 4 heterocycles. The molecule has 0 saturated heterocycles. The first-order chi connectivity index (χ1) is 19.1. The van der Waals surface area contributed by atoms with Gasteiger partial charge in [-0.25, -0.2) is 4.98 Å². The van der Waals surface area contributed by atoms with Crippen LogP contribution >= 0.6 is 22.9 Å². The monoisotopic (exact) mass is 589 g/mol. The number of oxazole rings is 1. The molecule has 4 aromatic heterocycles. The Morgan fingerprint density at radius 2 is 1.95 bits per heavy atom. The molecule has 0 spiro atoms. The van der Waals surface area contributed by atoms with Crippen LogP contribution in [-0.2, 0) is 25.7 Å². The molecule has 0 unspecified atom stereocenters. The second-order valence-corrected chi connectivity index (χ2v) is 10.3. The molecule has 0 radical (unpaired) electrons. The number of carbonyl (C=O) groups is 1. The molecule has 0 aliphatic carbocycles. The van der Waals surface area contributed by atoms with Crippen LogP contribution in [-0.4, -0.2) is 30.3 Å². The maximum absolute atomic E-state index is 13.7. The van der Waals surface area contributed by atoms with Crippen molar-refractivity contribution in [3.05, 3.63) is 104 Å². The first-order valence-electron chi connectivity index (χ1n) is 11.7. The number of thiophene rings is 1. The van der Waals surface area contributed by atoms with Crippen LogP contribution in [0.5, 0.6) is 5.88 Å². The van der Waals surface area contributed by atoms with Crippen molar-refractivity contribution in [2.75, 3.05) is 5.32 Å². The second kappa shape index (κ2) is 11.0. The van der Waals surface area contributed by atoms with E-state index in [-0.39, 0.29) is 36.6 Å². The van der Waals surface area contributed by atoms with Crippen LogP contribution < -0.4 is 10.9 Å². The molecule has 0 atom stereocenters. The molecule has 0 amide bonds. The normalized spacial score (nSPS) is 11.6. The number of nitrogens with zero attached hydrogens (tertiary/aromatic N) is 4. The largest absolute Gasteiger partial charge is 0.494 e. The van der Waals surface area contributed by atoms with Crippen molar-refractivity contribution in [3.8, 4) is 17.1 Å². The van der Waals surface area contributed by atoms with E-state index in [2.05, 4.69) is 15.4 Å². The molecule has 0 saturated carbocycles. The molecule has 206 valence electrons. The number of anilines is 1. The van der Waals surface area contributed by atoms with Crippen LogP contribution in [0.1, 0.15) is 26.7 Å². The third-order valence-corrected chi connectivity index (χ3v) is 7.13. The van der Waals surface area contributed by atoms with Crippen LogP contribution in [0.25, 0.3) is 11.3 Å². The highest BCUT2D eigenvalue weighted by Crippen LogP contribution is 2.34. The second-order valence-electron chi connectivity index (χ2n) is 8.47. The van der Waals surface area contributed by atoms with E-state index < -0.39 is 34.6 Å². The summed E-state index contributed by atoms with van der Waals surface area (Å²) >= 11 is 7.28. The van der Waals surface area contributed by atoms with Gasteiger partial charge in [0.25, 0.3) is 11.5 Å². The highest BCUT2D eigenvalue weighted by atomic mass is 35.5. The Morgan fingerprint density at radius 3 is 2.65 bits per heavy atom. The van der Waals surface area contributed by atoms with E-state index in [0.29, 0.717) is 10.2 Å². The van der Waals surface area contributed by atoms with Crippen LogP contribution in [0.2, 0.25) is 4.34 Å². The van der Waals surface area contributed by atoms with Crippen molar-refractivity contribution in [1.29, 1.82) is 0 Å². The lowest BCUT2D eigenvalue weighted by Gasteiger charge is -2.13. The Balaban J connectivity index is 1.55. The number of hydrogen-bond acceptors (Lipinski definition) is 8. The van der Waals surface area contributed by atoms with Crippen LogP contribution in [0.4, 0.5) is 19.0 Å². The van der Waals surface area contributed by atoms with Gasteiger partial charge < -0.3 is 14.8 Å². The smallest absolute Gasteiger partial charge is 0.417 e. The van der Waals surface area contributed by atoms with Gasteiger partial charge in [0.1, 0.15) is 17.8 Å². The summed E-state index contributed by atoms with van der Waals surface area (Å²) in [4.78, 5) is 30.7. The van der Waals surface area contributed by atoms with Gasteiger partial charge in [-0.05, 0) is 30.3 Å². The van der Waals surface area contributed by atoms with Crippen LogP contribution in [0.3, 0.4) is 0 Å². The van der Waals surface area contributed by atoms with E-state index in [9.17, 15) is 27.9 Å². The summed E-state index contributed by atoms with van der Waals surface area (Å²) in [6, 6.07) is 11.8. The highest BCUT2D eigenvalue weighted by molar-refractivity contribution is 7.16. The fourth-order valence-corrected chi connectivity index (χ4v) is 5.04. The standard InChI is InChI=1S/C26H19ClF3N5O4S/c27-20-7-5-15(40-20)14-32-21-13-19(33-35(21)25(38)16-3-1-2-4-18(16)26(28,29)30)17-6-8-23(36)34(24(17)37)11-9-22-31-10-12-39-22/h1-8,10,12-13,32,37H,9,11,14H2. The molecule has 14 heteroatoms. The number of aromatic hydroxyl groups is 1. The van der Waals surface area contributed by atoms with Gasteiger partial charge in [-0.15, -0.1) is 11.3 Å². The first kappa shape index (κ1) is 27.2. The number of aryl methyl sites for hydroxylation is 1. The number of rotatable bonds is 8. The average Bonchev–Trinajstić information content (AvgIpc) is 3.68. The van der Waals surface area contributed by atoms with Gasteiger partial charge in [0.15, 0.2) is 5.89 Å². The van der Waals surface area contributed by atoms with E-state index >= 15 is 0 Å². The van der Waals surface area contributed by atoms with Crippen LogP contribution in [0.15, 0.2) is 76.3 Å². The SMILES string of the molecule is O=C(c1ccccc1C(F)(F)F)n1nc(-c2ccc(=O)n(CCc3ncco3)c2O)cc1NCc1ccc(Cl)s1. The molecule has 1 aromatic carbocycles. The number of pyridine rings is 1. The summed E-state index contributed by atoms with van der Waals surface area (Å²) in [5, 5.41) is 18.2. The Bertz CT molecular complexity index is 1730. The Morgan fingerprint density at radius 1 is 1.15 bits per heavy atom. The van der Waals surface area contributed by atoms with E-state index in [1.165, 1.54) is 54.1 Å². The van der Waals surface area contributed by atoms with Crippen molar-refractivity contribution in [1.82, 2.24) is 19.3 Å². The average molecular weight is 590 g/mol. The molecule has 40 heavy (non-hydrogen) atoms. The fraction of sp³-hybridized carbons (Fsp3) is 0.154. The summed E-state index contributed by atoms with van der Waals surface area (Å²) in [5.74, 6) is -1.06. The molecule has 2 N–H and O–H groups in total. The van der Waals surface area contributed by atoms with Crippen molar-refractivity contribution in [2.24, 2.45) is 0 Å². The minimum atomic E-state index is -4.78. The van der Waals surface area contributed by atoms with Crippen molar-refractivity contribution in [2.45, 2.75) is 25.7 Å². The molecule has 5 rings (SSSR count). The minimum absolute atomic E-state index is 0.0296. The Kier molecular flexibility index (Phi) is 7.50. The van der Waals surface area contributed by atoms with Gasteiger partial charge >= 0.3 is 6.18 Å². The molecule has 0 aliphatic heterocycles. The summed E-state index contributed by atoms with van der Waals surface area (Å²) in [5.41, 5.74) is -2.09. The predicted molar refractivity (Wildman–Crippen MR) is 142 cm³/mol. The summed E-state index contributed by atoms with van der Waals surface area (Å²) < 4.78 is 48.7. The predicted octanol–water partition coefficient (Wildman–Crippen LogP) is 5.68. The molecule has 0 bridgehead atoms. The third kappa shape index (κ3) is 5.65. The van der Waals surface area contributed by atoms with Crippen molar-refractivity contribution >= 4 is 34.7 Å².